The van der Waals surface area contributed by atoms with Gasteiger partial charge in [-0.15, -0.1) is 11.3 Å². The highest BCUT2D eigenvalue weighted by atomic mass is 79.9. The molecular weight excluding hydrogens is 314 g/mol. The van der Waals surface area contributed by atoms with Crippen molar-refractivity contribution in [3.63, 3.8) is 0 Å². The van der Waals surface area contributed by atoms with Crippen LogP contribution < -0.4 is 10.1 Å². The van der Waals surface area contributed by atoms with E-state index in [1.54, 1.807) is 23.5 Å². The summed E-state index contributed by atoms with van der Waals surface area (Å²) in [4.78, 5) is 1.23. The third kappa shape index (κ3) is 2.97. The molecule has 2 rings (SSSR count). The molecule has 96 valence electrons. The summed E-state index contributed by atoms with van der Waals surface area (Å²) < 4.78 is 6.13. The van der Waals surface area contributed by atoms with Gasteiger partial charge in [0.05, 0.1) is 16.9 Å². The van der Waals surface area contributed by atoms with Crippen molar-refractivity contribution in [2.75, 3.05) is 12.4 Å². The van der Waals surface area contributed by atoms with Crippen molar-refractivity contribution in [2.45, 2.75) is 13.0 Å². The SMILES string of the molecule is COc1ccc(NC(C)c2ccc(Br)s2)cc1O. The average molecular weight is 328 g/mol. The molecule has 1 atom stereocenters. The average Bonchev–Trinajstić information content (AvgIpc) is 2.76. The zero-order valence-electron chi connectivity index (χ0n) is 10.1. The smallest absolute Gasteiger partial charge is 0.160 e. The maximum Gasteiger partial charge on any atom is 0.160 e. The minimum Gasteiger partial charge on any atom is -0.504 e. The molecule has 0 fully saturated rings. The molecule has 0 saturated carbocycles. The molecule has 0 aliphatic heterocycles. The molecule has 1 aromatic heterocycles. The number of benzene rings is 1. The van der Waals surface area contributed by atoms with Crippen molar-refractivity contribution in [3.05, 3.63) is 39.0 Å². The fourth-order valence-corrected chi connectivity index (χ4v) is 3.09. The number of ether oxygens (including phenoxy) is 1. The number of thiophene rings is 1. The van der Waals surface area contributed by atoms with Crippen molar-refractivity contribution < 1.29 is 9.84 Å². The number of methoxy groups -OCH3 is 1. The number of nitrogens with one attached hydrogen (secondary N) is 1. The van der Waals surface area contributed by atoms with Crippen LogP contribution in [0.2, 0.25) is 0 Å². The van der Waals surface area contributed by atoms with Gasteiger partial charge in [0.25, 0.3) is 0 Å². The third-order valence-electron chi connectivity index (χ3n) is 2.58. The highest BCUT2D eigenvalue weighted by Gasteiger charge is 2.09. The third-order valence-corrected chi connectivity index (χ3v) is 4.39. The Morgan fingerprint density at radius 2 is 2.11 bits per heavy atom. The van der Waals surface area contributed by atoms with Gasteiger partial charge in [0, 0.05) is 16.6 Å². The molecule has 0 saturated heterocycles. The predicted octanol–water partition coefficient (Wildman–Crippen LogP) is 4.40. The van der Waals surface area contributed by atoms with Crippen LogP contribution in [0.5, 0.6) is 11.5 Å². The Bertz CT molecular complexity index is 542. The van der Waals surface area contributed by atoms with Gasteiger partial charge in [-0.2, -0.15) is 0 Å². The zero-order valence-corrected chi connectivity index (χ0v) is 12.5. The van der Waals surface area contributed by atoms with Gasteiger partial charge in [0.2, 0.25) is 0 Å². The maximum atomic E-state index is 9.71. The summed E-state index contributed by atoms with van der Waals surface area (Å²) in [6.45, 7) is 2.08. The number of anilines is 1. The Kier molecular flexibility index (Phi) is 4.14. The molecule has 18 heavy (non-hydrogen) atoms. The molecule has 2 aromatic rings. The Morgan fingerprint density at radius 1 is 1.33 bits per heavy atom. The van der Waals surface area contributed by atoms with E-state index in [2.05, 4.69) is 34.2 Å². The van der Waals surface area contributed by atoms with Crippen LogP contribution in [0.1, 0.15) is 17.8 Å². The first kappa shape index (κ1) is 13.2. The monoisotopic (exact) mass is 327 g/mol. The molecular formula is C13H14BrNO2S. The van der Waals surface area contributed by atoms with Gasteiger partial charge in [-0.25, -0.2) is 0 Å². The second kappa shape index (κ2) is 5.63. The van der Waals surface area contributed by atoms with E-state index in [9.17, 15) is 5.11 Å². The predicted molar refractivity (Wildman–Crippen MR) is 78.7 cm³/mol. The van der Waals surface area contributed by atoms with E-state index >= 15 is 0 Å². The topological polar surface area (TPSA) is 41.5 Å². The van der Waals surface area contributed by atoms with E-state index in [1.807, 2.05) is 12.1 Å². The number of hydrogen-bond donors (Lipinski definition) is 2. The fourth-order valence-electron chi connectivity index (χ4n) is 1.66. The van der Waals surface area contributed by atoms with E-state index < -0.39 is 0 Å². The largest absolute Gasteiger partial charge is 0.504 e. The first-order valence-corrected chi connectivity index (χ1v) is 7.10. The molecule has 3 nitrogen and oxygen atoms in total. The number of rotatable bonds is 4. The van der Waals surface area contributed by atoms with Gasteiger partial charge in [0.15, 0.2) is 11.5 Å². The highest BCUT2D eigenvalue weighted by Crippen LogP contribution is 2.32. The summed E-state index contributed by atoms with van der Waals surface area (Å²) in [5.74, 6) is 0.620. The van der Waals surface area contributed by atoms with E-state index in [1.165, 1.54) is 12.0 Å². The second-order valence-corrected chi connectivity index (χ2v) is 6.39. The number of hydrogen-bond acceptors (Lipinski definition) is 4. The Morgan fingerprint density at radius 3 is 2.67 bits per heavy atom. The van der Waals surface area contributed by atoms with Crippen LogP contribution in [-0.4, -0.2) is 12.2 Å². The van der Waals surface area contributed by atoms with Crippen LogP contribution in [0, 0.1) is 0 Å². The lowest BCUT2D eigenvalue weighted by Crippen LogP contribution is -2.04. The fraction of sp³-hybridized carbons (Fsp3) is 0.231. The normalized spacial score (nSPS) is 12.2. The molecule has 2 N–H and O–H groups in total. The summed E-state index contributed by atoms with van der Waals surface area (Å²) in [5.41, 5.74) is 0.866. The molecule has 0 spiro atoms. The summed E-state index contributed by atoms with van der Waals surface area (Å²) >= 11 is 5.14. The summed E-state index contributed by atoms with van der Waals surface area (Å²) in [5, 5.41) is 13.0. The summed E-state index contributed by atoms with van der Waals surface area (Å²) in [6, 6.07) is 9.60. The number of phenolic OH excluding ortho intramolecular Hbond substituents is 1. The van der Waals surface area contributed by atoms with Crippen molar-refractivity contribution in [2.24, 2.45) is 0 Å². The van der Waals surface area contributed by atoms with Gasteiger partial charge < -0.3 is 15.2 Å². The van der Waals surface area contributed by atoms with E-state index in [4.69, 9.17) is 4.74 Å². The lowest BCUT2D eigenvalue weighted by atomic mass is 10.2. The molecule has 0 radical (unpaired) electrons. The molecule has 1 aromatic carbocycles. The first-order chi connectivity index (χ1) is 8.60. The van der Waals surface area contributed by atoms with Crippen LogP contribution in [0.25, 0.3) is 0 Å². The van der Waals surface area contributed by atoms with E-state index in [-0.39, 0.29) is 11.8 Å². The van der Waals surface area contributed by atoms with Gasteiger partial charge in [0.1, 0.15) is 0 Å². The molecule has 0 bridgehead atoms. The van der Waals surface area contributed by atoms with Crippen molar-refractivity contribution in [1.29, 1.82) is 0 Å². The van der Waals surface area contributed by atoms with Crippen LogP contribution >= 0.6 is 27.3 Å². The molecule has 1 unspecified atom stereocenters. The lowest BCUT2D eigenvalue weighted by Gasteiger charge is -2.14. The van der Waals surface area contributed by atoms with Crippen molar-refractivity contribution >= 4 is 33.0 Å². The van der Waals surface area contributed by atoms with Crippen LogP contribution in [0.3, 0.4) is 0 Å². The molecule has 0 aliphatic carbocycles. The van der Waals surface area contributed by atoms with Gasteiger partial charge in [-0.1, -0.05) is 0 Å². The van der Waals surface area contributed by atoms with Crippen LogP contribution in [-0.2, 0) is 0 Å². The maximum absolute atomic E-state index is 9.71. The summed E-state index contributed by atoms with van der Waals surface area (Å²) in [7, 11) is 1.54. The van der Waals surface area contributed by atoms with E-state index in [0.717, 1.165) is 9.47 Å². The minimum absolute atomic E-state index is 0.141. The summed E-state index contributed by atoms with van der Waals surface area (Å²) in [6.07, 6.45) is 0. The van der Waals surface area contributed by atoms with E-state index in [0.29, 0.717) is 5.75 Å². The van der Waals surface area contributed by atoms with Gasteiger partial charge in [-0.3, -0.25) is 0 Å². The quantitative estimate of drug-likeness (QED) is 0.874. The van der Waals surface area contributed by atoms with Gasteiger partial charge >= 0.3 is 0 Å². The van der Waals surface area contributed by atoms with Crippen LogP contribution in [0.4, 0.5) is 5.69 Å². The Hall–Kier alpha value is -1.20. The van der Waals surface area contributed by atoms with Crippen LogP contribution in [0.15, 0.2) is 34.1 Å². The van der Waals surface area contributed by atoms with Crippen molar-refractivity contribution in [3.8, 4) is 11.5 Å². The van der Waals surface area contributed by atoms with Crippen molar-refractivity contribution in [1.82, 2.24) is 0 Å². The molecule has 1 heterocycles. The highest BCUT2D eigenvalue weighted by molar-refractivity contribution is 9.11. The second-order valence-electron chi connectivity index (χ2n) is 3.89. The lowest BCUT2D eigenvalue weighted by molar-refractivity contribution is 0.373. The molecule has 0 amide bonds. The molecule has 0 aliphatic rings. The Labute approximate surface area is 119 Å². The number of aromatic hydroxyl groups is 1. The number of phenols is 1. The molecule has 5 heteroatoms. The number of halogens is 1. The van der Waals surface area contributed by atoms with Gasteiger partial charge in [-0.05, 0) is 47.1 Å². The Balaban J connectivity index is 2.12. The zero-order chi connectivity index (χ0) is 13.1. The first-order valence-electron chi connectivity index (χ1n) is 5.49. The minimum atomic E-state index is 0.141. The standard InChI is InChI=1S/C13H14BrNO2S/c1-8(12-5-6-13(14)18-12)15-9-3-4-11(17-2)10(16)7-9/h3-8,15-16H,1-2H3.